The minimum Gasteiger partial charge on any atom is -0.385 e. The van der Waals surface area contributed by atoms with Gasteiger partial charge in [-0.1, -0.05) is 42.5 Å². The van der Waals surface area contributed by atoms with Crippen LogP contribution in [0.2, 0.25) is 0 Å². The molecule has 0 saturated heterocycles. The number of fused-ring (bicyclic) bond motifs is 1. The van der Waals surface area contributed by atoms with Gasteiger partial charge in [-0.3, -0.25) is 0 Å². The van der Waals surface area contributed by atoms with Crippen LogP contribution in [-0.2, 0) is 6.42 Å². The van der Waals surface area contributed by atoms with E-state index >= 15 is 0 Å². The Bertz CT molecular complexity index is 503. The van der Waals surface area contributed by atoms with Gasteiger partial charge in [0.25, 0.3) is 0 Å². The summed E-state index contributed by atoms with van der Waals surface area (Å²) in [6.45, 7) is 0. The van der Waals surface area contributed by atoms with Gasteiger partial charge in [0, 0.05) is 6.42 Å². The summed E-state index contributed by atoms with van der Waals surface area (Å²) in [6, 6.07) is 14.4. The van der Waals surface area contributed by atoms with E-state index in [0.29, 0.717) is 12.3 Å². The van der Waals surface area contributed by atoms with Gasteiger partial charge in [-0.15, -0.1) is 0 Å². The number of amidine groups is 1. The summed E-state index contributed by atoms with van der Waals surface area (Å²) in [5.41, 5.74) is 6.70. The molecule has 15 heavy (non-hydrogen) atoms. The van der Waals surface area contributed by atoms with Crippen LogP contribution < -0.4 is 11.6 Å². The van der Waals surface area contributed by atoms with E-state index in [1.165, 1.54) is 10.8 Å². The third-order valence-electron chi connectivity index (χ3n) is 2.36. The number of hydrogen-bond acceptors (Lipinski definition) is 2. The fraction of sp³-hybridized carbons (Fsp3) is 0.0833. The highest BCUT2D eigenvalue weighted by Crippen LogP contribution is 2.15. The lowest BCUT2D eigenvalue weighted by atomic mass is 10.1. The summed E-state index contributed by atoms with van der Waals surface area (Å²) in [4.78, 5) is 0. The van der Waals surface area contributed by atoms with Crippen molar-refractivity contribution >= 4 is 16.6 Å². The van der Waals surface area contributed by atoms with Gasteiger partial charge in [-0.25, -0.2) is 0 Å². The molecule has 3 heteroatoms. The number of hydrazone groups is 1. The molecule has 0 heterocycles. The first-order valence-electron chi connectivity index (χ1n) is 4.79. The fourth-order valence-corrected chi connectivity index (χ4v) is 1.60. The molecule has 0 unspecified atom stereocenters. The summed E-state index contributed by atoms with van der Waals surface area (Å²) in [5, 5.41) is 5.89. The Hall–Kier alpha value is -2.03. The Balaban J connectivity index is 2.39. The quantitative estimate of drug-likeness (QED) is 0.334. The number of nitrogens with zero attached hydrogens (tertiary/aromatic N) is 1. The van der Waals surface area contributed by atoms with Crippen LogP contribution in [0.25, 0.3) is 10.8 Å². The third kappa shape index (κ3) is 2.07. The highest BCUT2D eigenvalue weighted by atomic mass is 15.1. The molecule has 2 aromatic carbocycles. The van der Waals surface area contributed by atoms with Crippen molar-refractivity contribution in [3.8, 4) is 0 Å². The van der Waals surface area contributed by atoms with Gasteiger partial charge in [0.1, 0.15) is 5.84 Å². The van der Waals surface area contributed by atoms with Crippen LogP contribution in [0.5, 0.6) is 0 Å². The molecule has 0 bridgehead atoms. The highest BCUT2D eigenvalue weighted by molar-refractivity contribution is 5.86. The van der Waals surface area contributed by atoms with E-state index in [4.69, 9.17) is 11.6 Å². The molecule has 0 saturated carbocycles. The van der Waals surface area contributed by atoms with E-state index in [-0.39, 0.29) is 0 Å². The lowest BCUT2D eigenvalue weighted by Crippen LogP contribution is -2.16. The average Bonchev–Trinajstić information content (AvgIpc) is 2.29. The molecule has 2 rings (SSSR count). The van der Waals surface area contributed by atoms with Gasteiger partial charge in [-0.05, 0) is 16.3 Å². The van der Waals surface area contributed by atoms with Crippen molar-refractivity contribution in [3.63, 3.8) is 0 Å². The normalized spacial score (nSPS) is 11.9. The Labute approximate surface area is 88.4 Å². The van der Waals surface area contributed by atoms with Crippen LogP contribution >= 0.6 is 0 Å². The second-order valence-corrected chi connectivity index (χ2v) is 3.48. The minimum absolute atomic E-state index is 0.449. The molecule has 2 aromatic rings. The summed E-state index contributed by atoms with van der Waals surface area (Å²) in [6.07, 6.45) is 0.599. The molecule has 0 aliphatic rings. The number of nitrogens with two attached hydrogens (primary N) is 2. The topological polar surface area (TPSA) is 64.4 Å². The number of rotatable bonds is 2. The first-order chi connectivity index (χ1) is 7.29. The first kappa shape index (κ1) is 9.52. The van der Waals surface area contributed by atoms with E-state index in [0.717, 1.165) is 5.56 Å². The highest BCUT2D eigenvalue weighted by Gasteiger charge is 1.98. The molecule has 0 aromatic heterocycles. The molecule has 0 amide bonds. The zero-order valence-electron chi connectivity index (χ0n) is 8.35. The van der Waals surface area contributed by atoms with E-state index in [9.17, 15) is 0 Å². The van der Waals surface area contributed by atoms with Crippen molar-refractivity contribution in [1.29, 1.82) is 0 Å². The van der Waals surface area contributed by atoms with Crippen molar-refractivity contribution < 1.29 is 0 Å². The van der Waals surface area contributed by atoms with Crippen LogP contribution in [0.4, 0.5) is 0 Å². The summed E-state index contributed by atoms with van der Waals surface area (Å²) >= 11 is 0. The summed E-state index contributed by atoms with van der Waals surface area (Å²) in [5.74, 6) is 5.54. The Kier molecular flexibility index (Phi) is 2.54. The van der Waals surface area contributed by atoms with Crippen LogP contribution in [0, 0.1) is 0 Å². The average molecular weight is 199 g/mol. The van der Waals surface area contributed by atoms with Crippen molar-refractivity contribution in [1.82, 2.24) is 0 Å². The summed E-state index contributed by atoms with van der Waals surface area (Å²) < 4.78 is 0. The smallest absolute Gasteiger partial charge is 0.123 e. The van der Waals surface area contributed by atoms with Gasteiger partial charge in [0.2, 0.25) is 0 Å². The van der Waals surface area contributed by atoms with E-state index in [1.54, 1.807) is 0 Å². The lowest BCUT2D eigenvalue weighted by Gasteiger charge is -2.02. The molecule has 0 fully saturated rings. The van der Waals surface area contributed by atoms with Gasteiger partial charge < -0.3 is 11.6 Å². The largest absolute Gasteiger partial charge is 0.385 e. The predicted molar refractivity (Wildman–Crippen MR) is 63.5 cm³/mol. The maximum atomic E-state index is 5.57. The van der Waals surface area contributed by atoms with Crippen LogP contribution in [0.1, 0.15) is 5.56 Å². The molecular formula is C12H13N3. The zero-order valence-corrected chi connectivity index (χ0v) is 8.35. The second kappa shape index (κ2) is 4.00. The van der Waals surface area contributed by atoms with Crippen LogP contribution in [-0.4, -0.2) is 5.84 Å². The monoisotopic (exact) mass is 199 g/mol. The van der Waals surface area contributed by atoms with Crippen LogP contribution in [0.15, 0.2) is 47.6 Å². The van der Waals surface area contributed by atoms with Crippen molar-refractivity contribution in [2.24, 2.45) is 16.7 Å². The molecular weight excluding hydrogens is 186 g/mol. The van der Waals surface area contributed by atoms with E-state index in [2.05, 4.69) is 29.4 Å². The maximum Gasteiger partial charge on any atom is 0.123 e. The van der Waals surface area contributed by atoms with Gasteiger partial charge in [0.05, 0.1) is 0 Å². The van der Waals surface area contributed by atoms with Crippen molar-refractivity contribution in [2.45, 2.75) is 6.42 Å². The molecule has 76 valence electrons. The second-order valence-electron chi connectivity index (χ2n) is 3.48. The number of hydrogen-bond donors (Lipinski definition) is 2. The molecule has 4 N–H and O–H groups in total. The van der Waals surface area contributed by atoms with Gasteiger partial charge >= 0.3 is 0 Å². The zero-order chi connectivity index (χ0) is 10.7. The molecule has 0 spiro atoms. The SMILES string of the molecule is NN=C(N)Cc1ccc2ccccc2c1. The fourth-order valence-electron chi connectivity index (χ4n) is 1.60. The predicted octanol–water partition coefficient (Wildman–Crippen LogP) is 1.61. The molecule has 0 aliphatic carbocycles. The summed E-state index contributed by atoms with van der Waals surface area (Å²) in [7, 11) is 0. The molecule has 0 radical (unpaired) electrons. The Morgan fingerprint density at radius 1 is 1.07 bits per heavy atom. The van der Waals surface area contributed by atoms with E-state index in [1.807, 2.05) is 18.2 Å². The van der Waals surface area contributed by atoms with Gasteiger partial charge in [-0.2, -0.15) is 5.10 Å². The first-order valence-corrected chi connectivity index (χ1v) is 4.79. The van der Waals surface area contributed by atoms with Gasteiger partial charge in [0.15, 0.2) is 0 Å². The van der Waals surface area contributed by atoms with Crippen molar-refractivity contribution in [2.75, 3.05) is 0 Å². The standard InChI is InChI=1S/C12H13N3/c13-12(15-14)8-9-5-6-10-3-1-2-4-11(10)7-9/h1-7H,8,14H2,(H2,13,15). The number of benzene rings is 2. The third-order valence-corrected chi connectivity index (χ3v) is 2.36. The van der Waals surface area contributed by atoms with Crippen molar-refractivity contribution in [3.05, 3.63) is 48.0 Å². The Morgan fingerprint density at radius 2 is 1.80 bits per heavy atom. The molecule has 3 nitrogen and oxygen atoms in total. The lowest BCUT2D eigenvalue weighted by molar-refractivity contribution is 1.17. The molecule has 0 aliphatic heterocycles. The maximum absolute atomic E-state index is 5.57. The van der Waals surface area contributed by atoms with E-state index < -0.39 is 0 Å². The van der Waals surface area contributed by atoms with Crippen LogP contribution in [0.3, 0.4) is 0 Å². The molecule has 0 atom stereocenters. The minimum atomic E-state index is 0.449. The Morgan fingerprint density at radius 3 is 2.53 bits per heavy atom.